The number of nitrogens with one attached hydrogen (secondary N) is 2. The van der Waals surface area contributed by atoms with Crippen LogP contribution in [0.15, 0.2) is 47.6 Å². The maximum Gasteiger partial charge on any atom is 0.259 e. The van der Waals surface area contributed by atoms with Gasteiger partial charge in [-0.25, -0.2) is 5.43 Å². The minimum Gasteiger partial charge on any atom is -0.493 e. The fraction of sp³-hybridized carbons (Fsp3) is 0.444. The first-order valence-electron chi connectivity index (χ1n) is 12.2. The number of benzene rings is 2. The van der Waals surface area contributed by atoms with Crippen LogP contribution in [0.5, 0.6) is 11.5 Å². The molecule has 7 nitrogen and oxygen atoms in total. The summed E-state index contributed by atoms with van der Waals surface area (Å²) in [5.41, 5.74) is 4.13. The number of halogens is 1. The monoisotopic (exact) mass is 501 g/mol. The number of hydrogen-bond acceptors (Lipinski definition) is 5. The highest BCUT2D eigenvalue weighted by Gasteiger charge is 2.07. The van der Waals surface area contributed by atoms with Gasteiger partial charge in [0.05, 0.1) is 19.9 Å². The topological polar surface area (TPSA) is 89.0 Å². The molecule has 2 N–H and O–H groups in total. The molecule has 0 aliphatic heterocycles. The van der Waals surface area contributed by atoms with E-state index in [0.717, 1.165) is 30.4 Å². The van der Waals surface area contributed by atoms with Gasteiger partial charge in [-0.2, -0.15) is 5.10 Å². The van der Waals surface area contributed by atoms with Crippen LogP contribution >= 0.6 is 11.6 Å². The van der Waals surface area contributed by atoms with Gasteiger partial charge in [0.1, 0.15) is 6.61 Å². The lowest BCUT2D eigenvalue weighted by Gasteiger charge is -2.11. The van der Waals surface area contributed by atoms with Crippen LogP contribution in [0.4, 0.5) is 0 Å². The molecule has 0 unspecified atom stereocenters. The minimum absolute atomic E-state index is 0.104. The highest BCUT2D eigenvalue weighted by molar-refractivity contribution is 6.30. The van der Waals surface area contributed by atoms with E-state index in [9.17, 15) is 9.59 Å². The Labute approximate surface area is 213 Å². The van der Waals surface area contributed by atoms with Gasteiger partial charge in [-0.15, -0.1) is 0 Å². The van der Waals surface area contributed by atoms with Gasteiger partial charge in [-0.3, -0.25) is 9.59 Å². The third-order valence-corrected chi connectivity index (χ3v) is 5.60. The summed E-state index contributed by atoms with van der Waals surface area (Å²) in [6.45, 7) is 2.47. The zero-order valence-electron chi connectivity index (χ0n) is 20.6. The zero-order valence-corrected chi connectivity index (χ0v) is 21.4. The standard InChI is InChI=1S/C27H36ClN3O4/c1-3-4-5-6-7-8-9-10-26(32)29-19-27(33)31-30-18-22-13-16-24(25(17-22)34-2)35-20-21-11-14-23(28)15-12-21/h11-18H,3-10,19-20H2,1-2H3,(H,29,32)(H,31,33)/b30-18-. The van der Waals surface area contributed by atoms with Crippen LogP contribution < -0.4 is 20.2 Å². The molecular weight excluding hydrogens is 466 g/mol. The average Bonchev–Trinajstić information content (AvgIpc) is 2.87. The van der Waals surface area contributed by atoms with E-state index in [1.807, 2.05) is 24.3 Å². The Morgan fingerprint density at radius 3 is 2.37 bits per heavy atom. The van der Waals surface area contributed by atoms with E-state index in [4.69, 9.17) is 21.1 Å². The second-order valence-electron chi connectivity index (χ2n) is 8.27. The van der Waals surface area contributed by atoms with E-state index in [2.05, 4.69) is 22.8 Å². The van der Waals surface area contributed by atoms with E-state index >= 15 is 0 Å². The van der Waals surface area contributed by atoms with Crippen LogP contribution in [0.1, 0.15) is 69.4 Å². The van der Waals surface area contributed by atoms with E-state index in [1.54, 1.807) is 25.3 Å². The van der Waals surface area contributed by atoms with Gasteiger partial charge in [0.15, 0.2) is 11.5 Å². The number of hydrogen-bond donors (Lipinski definition) is 2. The maximum absolute atomic E-state index is 11.9. The van der Waals surface area contributed by atoms with Crippen LogP contribution in [-0.2, 0) is 16.2 Å². The first kappa shape index (κ1) is 28.2. The van der Waals surface area contributed by atoms with Crippen molar-refractivity contribution in [2.24, 2.45) is 5.10 Å². The van der Waals surface area contributed by atoms with Crippen molar-refractivity contribution < 1.29 is 19.1 Å². The van der Waals surface area contributed by atoms with Crippen molar-refractivity contribution in [2.75, 3.05) is 13.7 Å². The van der Waals surface area contributed by atoms with Crippen LogP contribution in [0.2, 0.25) is 5.02 Å². The van der Waals surface area contributed by atoms with Gasteiger partial charge in [-0.05, 0) is 47.9 Å². The first-order chi connectivity index (χ1) is 17.0. The van der Waals surface area contributed by atoms with Crippen LogP contribution in [0.25, 0.3) is 0 Å². The van der Waals surface area contributed by atoms with Crippen LogP contribution in [0, 0.1) is 0 Å². The largest absolute Gasteiger partial charge is 0.493 e. The molecule has 2 aromatic carbocycles. The Morgan fingerprint density at radius 1 is 0.943 bits per heavy atom. The molecule has 0 radical (unpaired) electrons. The SMILES string of the molecule is CCCCCCCCCC(=O)NCC(=O)N/N=C\c1ccc(OCc2ccc(Cl)cc2)c(OC)c1. The van der Waals surface area contributed by atoms with E-state index < -0.39 is 0 Å². The molecule has 0 fully saturated rings. The van der Waals surface area contributed by atoms with Gasteiger partial charge in [0, 0.05) is 11.4 Å². The van der Waals surface area contributed by atoms with Crippen molar-refractivity contribution in [3.05, 3.63) is 58.6 Å². The Kier molecular flexibility index (Phi) is 13.3. The van der Waals surface area contributed by atoms with E-state index in [-0.39, 0.29) is 18.4 Å². The zero-order chi connectivity index (χ0) is 25.3. The first-order valence-corrected chi connectivity index (χ1v) is 12.5. The highest BCUT2D eigenvalue weighted by atomic mass is 35.5. The molecule has 0 saturated heterocycles. The molecular formula is C27H36ClN3O4. The smallest absolute Gasteiger partial charge is 0.259 e. The molecule has 0 heterocycles. The lowest BCUT2D eigenvalue weighted by atomic mass is 10.1. The van der Waals surface area contributed by atoms with Crippen molar-refractivity contribution in [1.82, 2.24) is 10.7 Å². The van der Waals surface area contributed by atoms with Gasteiger partial charge in [0.2, 0.25) is 5.91 Å². The van der Waals surface area contributed by atoms with Gasteiger partial charge in [0.25, 0.3) is 5.91 Å². The maximum atomic E-state index is 11.9. The molecule has 35 heavy (non-hydrogen) atoms. The van der Waals surface area contributed by atoms with Crippen molar-refractivity contribution >= 4 is 29.6 Å². The van der Waals surface area contributed by atoms with Crippen molar-refractivity contribution in [3.8, 4) is 11.5 Å². The quantitative estimate of drug-likeness (QED) is 0.177. The summed E-state index contributed by atoms with van der Waals surface area (Å²) in [6.07, 6.45) is 9.98. The Bertz CT molecular complexity index is 948. The number of amides is 2. The number of nitrogens with zero attached hydrogens (tertiary/aromatic N) is 1. The summed E-state index contributed by atoms with van der Waals surface area (Å²) in [5.74, 6) is 0.639. The fourth-order valence-electron chi connectivity index (χ4n) is 3.35. The summed E-state index contributed by atoms with van der Waals surface area (Å²) >= 11 is 5.91. The summed E-state index contributed by atoms with van der Waals surface area (Å²) in [7, 11) is 1.56. The molecule has 2 aromatic rings. The van der Waals surface area contributed by atoms with Gasteiger partial charge >= 0.3 is 0 Å². The third kappa shape index (κ3) is 11.8. The normalized spacial score (nSPS) is 10.8. The second kappa shape index (κ2) is 16.5. The Balaban J connectivity index is 1.69. The second-order valence-corrected chi connectivity index (χ2v) is 8.70. The molecule has 2 rings (SSSR count). The summed E-state index contributed by atoms with van der Waals surface area (Å²) in [4.78, 5) is 23.8. The number of rotatable bonds is 16. The van der Waals surface area contributed by atoms with Crippen molar-refractivity contribution in [2.45, 2.75) is 64.9 Å². The molecule has 0 bridgehead atoms. The van der Waals surface area contributed by atoms with E-state index in [1.165, 1.54) is 31.9 Å². The van der Waals surface area contributed by atoms with Crippen molar-refractivity contribution in [1.29, 1.82) is 0 Å². The molecule has 8 heteroatoms. The third-order valence-electron chi connectivity index (χ3n) is 5.35. The number of unbranched alkanes of at least 4 members (excludes halogenated alkanes) is 6. The molecule has 0 aromatic heterocycles. The fourth-order valence-corrected chi connectivity index (χ4v) is 3.48. The number of methoxy groups -OCH3 is 1. The Morgan fingerprint density at radius 2 is 1.66 bits per heavy atom. The molecule has 0 aliphatic carbocycles. The summed E-state index contributed by atoms with van der Waals surface area (Å²) < 4.78 is 11.2. The number of hydrazone groups is 1. The van der Waals surface area contributed by atoms with E-state index in [0.29, 0.717) is 29.5 Å². The molecule has 0 aliphatic rings. The predicted molar refractivity (Wildman–Crippen MR) is 140 cm³/mol. The lowest BCUT2D eigenvalue weighted by molar-refractivity contribution is -0.126. The average molecular weight is 502 g/mol. The molecule has 0 spiro atoms. The number of ether oxygens (including phenoxy) is 2. The summed E-state index contributed by atoms with van der Waals surface area (Å²) in [5, 5.41) is 7.26. The minimum atomic E-state index is -0.385. The molecule has 190 valence electrons. The summed E-state index contributed by atoms with van der Waals surface area (Å²) in [6, 6.07) is 12.8. The molecule has 2 amide bonds. The lowest BCUT2D eigenvalue weighted by Crippen LogP contribution is -2.34. The Hall–Kier alpha value is -3.06. The van der Waals surface area contributed by atoms with Gasteiger partial charge < -0.3 is 14.8 Å². The van der Waals surface area contributed by atoms with Crippen LogP contribution in [-0.4, -0.2) is 31.7 Å². The highest BCUT2D eigenvalue weighted by Crippen LogP contribution is 2.28. The van der Waals surface area contributed by atoms with Crippen molar-refractivity contribution in [3.63, 3.8) is 0 Å². The van der Waals surface area contributed by atoms with Gasteiger partial charge in [-0.1, -0.05) is 69.2 Å². The number of carbonyl (C=O) groups excluding carboxylic acids is 2. The number of carbonyl (C=O) groups is 2. The predicted octanol–water partition coefficient (Wildman–Crippen LogP) is 5.63. The van der Waals surface area contributed by atoms with Crippen LogP contribution in [0.3, 0.4) is 0 Å². The molecule has 0 saturated carbocycles. The molecule has 0 atom stereocenters.